The van der Waals surface area contributed by atoms with Gasteiger partial charge in [-0.1, -0.05) is 103 Å². The standard InChI is InChI=1S/C26H23P/c1-20-12-11-13-21(2)26(20)24-18-9-10-19-25(24)27(22-14-5-3-6-15-22)23-16-7-4-8-17-23/h3-19H,1-2H3. The fourth-order valence-electron chi connectivity index (χ4n) is 3.70. The van der Waals surface area contributed by atoms with Crippen molar-refractivity contribution in [1.82, 2.24) is 0 Å². The minimum Gasteiger partial charge on any atom is -0.0622 e. The third kappa shape index (κ3) is 3.59. The molecule has 0 N–H and O–H groups in total. The van der Waals surface area contributed by atoms with E-state index in [0.29, 0.717) is 0 Å². The minimum atomic E-state index is -0.615. The zero-order valence-corrected chi connectivity index (χ0v) is 16.7. The summed E-state index contributed by atoms with van der Waals surface area (Å²) in [4.78, 5) is 0. The monoisotopic (exact) mass is 366 g/mol. The molecule has 0 amide bonds. The number of hydrogen-bond donors (Lipinski definition) is 0. The van der Waals surface area contributed by atoms with Gasteiger partial charge >= 0.3 is 0 Å². The first-order chi connectivity index (χ1) is 13.3. The van der Waals surface area contributed by atoms with E-state index >= 15 is 0 Å². The number of benzene rings is 4. The highest BCUT2D eigenvalue weighted by molar-refractivity contribution is 7.80. The van der Waals surface area contributed by atoms with Crippen LogP contribution in [0.25, 0.3) is 11.1 Å². The number of aryl methyl sites for hydroxylation is 2. The Kier molecular flexibility index (Phi) is 5.19. The second kappa shape index (κ2) is 7.91. The first-order valence-electron chi connectivity index (χ1n) is 9.31. The Hall–Kier alpha value is -2.69. The Balaban J connectivity index is 1.98. The van der Waals surface area contributed by atoms with Crippen molar-refractivity contribution in [2.24, 2.45) is 0 Å². The van der Waals surface area contributed by atoms with E-state index in [-0.39, 0.29) is 0 Å². The lowest BCUT2D eigenvalue weighted by Gasteiger charge is -2.23. The number of hydrogen-bond acceptors (Lipinski definition) is 0. The van der Waals surface area contributed by atoms with Crippen LogP contribution in [-0.4, -0.2) is 0 Å². The van der Waals surface area contributed by atoms with Gasteiger partial charge in [0.1, 0.15) is 0 Å². The molecule has 0 atom stereocenters. The van der Waals surface area contributed by atoms with Gasteiger partial charge in [0.05, 0.1) is 0 Å². The zero-order valence-electron chi connectivity index (χ0n) is 15.8. The molecule has 0 radical (unpaired) electrons. The van der Waals surface area contributed by atoms with E-state index in [0.717, 1.165) is 0 Å². The van der Waals surface area contributed by atoms with Crippen LogP contribution in [0.3, 0.4) is 0 Å². The molecule has 27 heavy (non-hydrogen) atoms. The molecule has 0 aliphatic heterocycles. The van der Waals surface area contributed by atoms with E-state index < -0.39 is 7.92 Å². The lowest BCUT2D eigenvalue weighted by atomic mass is 9.96. The average Bonchev–Trinajstić information content (AvgIpc) is 2.71. The van der Waals surface area contributed by atoms with Crippen LogP contribution in [0.2, 0.25) is 0 Å². The lowest BCUT2D eigenvalue weighted by molar-refractivity contribution is 1.38. The van der Waals surface area contributed by atoms with Crippen LogP contribution in [0.4, 0.5) is 0 Å². The molecule has 0 aromatic heterocycles. The molecule has 0 unspecified atom stereocenters. The van der Waals surface area contributed by atoms with Gasteiger partial charge in [0.2, 0.25) is 0 Å². The van der Waals surface area contributed by atoms with Gasteiger partial charge in [-0.25, -0.2) is 0 Å². The summed E-state index contributed by atoms with van der Waals surface area (Å²) in [7, 11) is -0.615. The van der Waals surface area contributed by atoms with Crippen LogP contribution in [0.15, 0.2) is 103 Å². The van der Waals surface area contributed by atoms with Crippen LogP contribution in [0, 0.1) is 13.8 Å². The van der Waals surface area contributed by atoms with E-state index in [1.165, 1.54) is 38.2 Å². The van der Waals surface area contributed by atoms with Crippen molar-refractivity contribution in [2.45, 2.75) is 13.8 Å². The van der Waals surface area contributed by atoms with Crippen LogP contribution in [0.5, 0.6) is 0 Å². The molecule has 0 bridgehead atoms. The SMILES string of the molecule is Cc1cccc(C)c1-c1ccccc1P(c1ccccc1)c1ccccc1. The predicted molar refractivity (Wildman–Crippen MR) is 120 cm³/mol. The summed E-state index contributed by atoms with van der Waals surface area (Å²) in [6, 6.07) is 37.3. The second-order valence-electron chi connectivity index (χ2n) is 6.79. The molecule has 132 valence electrons. The highest BCUT2D eigenvalue weighted by Crippen LogP contribution is 2.38. The summed E-state index contributed by atoms with van der Waals surface area (Å²) < 4.78 is 0. The quantitative estimate of drug-likeness (QED) is 0.405. The lowest BCUT2D eigenvalue weighted by Crippen LogP contribution is -2.22. The van der Waals surface area contributed by atoms with Crippen molar-refractivity contribution in [3.05, 3.63) is 114 Å². The molecule has 0 fully saturated rings. The molecule has 0 spiro atoms. The first kappa shape index (κ1) is 17.7. The second-order valence-corrected chi connectivity index (χ2v) is 8.98. The highest BCUT2D eigenvalue weighted by atomic mass is 31.1. The topological polar surface area (TPSA) is 0 Å². The van der Waals surface area contributed by atoms with E-state index in [1.807, 2.05) is 0 Å². The van der Waals surface area contributed by atoms with Crippen molar-refractivity contribution in [3.8, 4) is 11.1 Å². The summed E-state index contributed by atoms with van der Waals surface area (Å²) in [5.41, 5.74) is 5.39. The van der Waals surface area contributed by atoms with Crippen LogP contribution in [0.1, 0.15) is 11.1 Å². The van der Waals surface area contributed by atoms with Gasteiger partial charge in [-0.3, -0.25) is 0 Å². The Bertz CT molecular complexity index is 976. The van der Waals surface area contributed by atoms with E-state index in [1.54, 1.807) is 0 Å². The normalized spacial score (nSPS) is 10.9. The van der Waals surface area contributed by atoms with Gasteiger partial charge in [-0.15, -0.1) is 0 Å². The molecule has 4 aromatic rings. The molecule has 0 aliphatic carbocycles. The first-order valence-corrected chi connectivity index (χ1v) is 10.7. The Morgan fingerprint density at radius 1 is 0.481 bits per heavy atom. The molecular formula is C26H23P. The maximum Gasteiger partial charge on any atom is -0.00724 e. The number of rotatable bonds is 4. The molecule has 1 heteroatoms. The van der Waals surface area contributed by atoms with Gasteiger partial charge in [0.15, 0.2) is 0 Å². The van der Waals surface area contributed by atoms with Gasteiger partial charge in [0, 0.05) is 0 Å². The van der Waals surface area contributed by atoms with Crippen molar-refractivity contribution >= 4 is 23.8 Å². The maximum atomic E-state index is 2.31. The van der Waals surface area contributed by atoms with Crippen LogP contribution >= 0.6 is 7.92 Å². The third-order valence-electron chi connectivity index (χ3n) is 4.92. The summed E-state index contributed by atoms with van der Waals surface area (Å²) in [5.74, 6) is 0. The molecule has 0 saturated heterocycles. The smallest absolute Gasteiger partial charge is 0.00724 e. The fraction of sp³-hybridized carbons (Fsp3) is 0.0769. The Morgan fingerprint density at radius 2 is 0.963 bits per heavy atom. The molecule has 0 nitrogen and oxygen atoms in total. The molecule has 0 aliphatic rings. The fourth-order valence-corrected chi connectivity index (χ4v) is 6.16. The molecule has 0 saturated carbocycles. The van der Waals surface area contributed by atoms with E-state index in [2.05, 4.69) is 117 Å². The highest BCUT2D eigenvalue weighted by Gasteiger charge is 2.21. The summed E-state index contributed by atoms with van der Waals surface area (Å²) in [6.07, 6.45) is 0. The van der Waals surface area contributed by atoms with Gasteiger partial charge in [-0.2, -0.15) is 0 Å². The Labute approximate surface area is 163 Å². The summed E-state index contributed by atoms with van der Waals surface area (Å²) in [5, 5.41) is 4.19. The van der Waals surface area contributed by atoms with Gasteiger partial charge < -0.3 is 0 Å². The molecule has 0 heterocycles. The van der Waals surface area contributed by atoms with Crippen LogP contribution in [-0.2, 0) is 0 Å². The molecule has 4 rings (SSSR count). The van der Waals surface area contributed by atoms with Gasteiger partial charge in [-0.05, 0) is 59.9 Å². The predicted octanol–water partition coefficient (Wildman–Crippen LogP) is 5.73. The molecular weight excluding hydrogens is 343 g/mol. The van der Waals surface area contributed by atoms with E-state index in [4.69, 9.17) is 0 Å². The largest absolute Gasteiger partial charge is 0.0622 e. The molecule has 4 aromatic carbocycles. The minimum absolute atomic E-state index is 0.615. The van der Waals surface area contributed by atoms with Crippen LogP contribution < -0.4 is 15.9 Å². The van der Waals surface area contributed by atoms with Crippen molar-refractivity contribution in [3.63, 3.8) is 0 Å². The summed E-state index contributed by atoms with van der Waals surface area (Å²) >= 11 is 0. The van der Waals surface area contributed by atoms with Crippen molar-refractivity contribution in [1.29, 1.82) is 0 Å². The summed E-state index contributed by atoms with van der Waals surface area (Å²) in [6.45, 7) is 4.43. The van der Waals surface area contributed by atoms with Crippen molar-refractivity contribution < 1.29 is 0 Å². The average molecular weight is 366 g/mol. The maximum absolute atomic E-state index is 2.31. The van der Waals surface area contributed by atoms with Gasteiger partial charge in [0.25, 0.3) is 0 Å². The van der Waals surface area contributed by atoms with E-state index in [9.17, 15) is 0 Å². The zero-order chi connectivity index (χ0) is 18.6. The third-order valence-corrected chi connectivity index (χ3v) is 7.43. The Morgan fingerprint density at radius 3 is 1.52 bits per heavy atom. The van der Waals surface area contributed by atoms with Crippen molar-refractivity contribution in [2.75, 3.05) is 0 Å².